The fourth-order valence-corrected chi connectivity index (χ4v) is 2.03. The van der Waals surface area contributed by atoms with Gasteiger partial charge in [0, 0.05) is 13.3 Å². The van der Waals surface area contributed by atoms with Crippen molar-refractivity contribution in [2.75, 3.05) is 0 Å². The van der Waals surface area contributed by atoms with Crippen molar-refractivity contribution in [2.24, 2.45) is 5.92 Å². The minimum atomic E-state index is -0.300. The van der Waals surface area contributed by atoms with Crippen molar-refractivity contribution in [3.05, 3.63) is 0 Å². The summed E-state index contributed by atoms with van der Waals surface area (Å²) in [6, 6.07) is 0. The number of hydrogen-bond acceptors (Lipinski definition) is 4. The average Bonchev–Trinajstić information content (AvgIpc) is 2.34. The van der Waals surface area contributed by atoms with Crippen LogP contribution in [0.3, 0.4) is 0 Å². The van der Waals surface area contributed by atoms with E-state index in [9.17, 15) is 9.59 Å². The summed E-state index contributed by atoms with van der Waals surface area (Å²) in [5, 5.41) is 0. The largest absolute Gasteiger partial charge is 0.459 e. The molecule has 0 N–H and O–H groups in total. The molecule has 13 heavy (non-hydrogen) atoms. The van der Waals surface area contributed by atoms with E-state index in [2.05, 4.69) is 0 Å². The van der Waals surface area contributed by atoms with Gasteiger partial charge in [-0.3, -0.25) is 9.59 Å². The van der Waals surface area contributed by atoms with Crippen LogP contribution in [0.5, 0.6) is 0 Å². The molecule has 3 unspecified atom stereocenters. The molecule has 0 aromatic rings. The highest BCUT2D eigenvalue weighted by Gasteiger charge is 2.44. The minimum Gasteiger partial charge on any atom is -0.459 e. The van der Waals surface area contributed by atoms with Crippen LogP contribution >= 0.6 is 0 Å². The second-order valence-corrected chi connectivity index (χ2v) is 3.63. The van der Waals surface area contributed by atoms with E-state index in [0.29, 0.717) is 0 Å². The number of carbonyl (C=O) groups is 2. The van der Waals surface area contributed by atoms with Gasteiger partial charge < -0.3 is 9.47 Å². The molecule has 0 aromatic heterocycles. The number of fused-ring (bicyclic) bond motifs is 2. The predicted molar refractivity (Wildman–Crippen MR) is 42.8 cm³/mol. The minimum absolute atomic E-state index is 0.0526. The Hall–Kier alpha value is -1.06. The molecule has 4 heteroatoms. The third-order valence-electron chi connectivity index (χ3n) is 2.65. The predicted octanol–water partition coefficient (Wildman–Crippen LogP) is 0.644. The smallest absolute Gasteiger partial charge is 0.309 e. The number of carbonyl (C=O) groups excluding carboxylic acids is 2. The van der Waals surface area contributed by atoms with Gasteiger partial charge in [-0.15, -0.1) is 0 Å². The first-order valence-corrected chi connectivity index (χ1v) is 4.54. The lowest BCUT2D eigenvalue weighted by Gasteiger charge is -2.24. The summed E-state index contributed by atoms with van der Waals surface area (Å²) in [4.78, 5) is 21.8. The molecule has 1 heterocycles. The second kappa shape index (κ2) is 3.01. The van der Waals surface area contributed by atoms with Gasteiger partial charge in [-0.1, -0.05) is 0 Å². The van der Waals surface area contributed by atoms with Crippen LogP contribution in [0.25, 0.3) is 0 Å². The lowest BCUT2D eigenvalue weighted by atomic mass is 9.88. The van der Waals surface area contributed by atoms with Gasteiger partial charge in [0.05, 0.1) is 5.92 Å². The first-order valence-electron chi connectivity index (χ1n) is 4.54. The summed E-state index contributed by atoms with van der Waals surface area (Å²) in [6.07, 6.45) is 1.86. The van der Waals surface area contributed by atoms with Crippen molar-refractivity contribution >= 4 is 11.9 Å². The molecule has 2 rings (SSSR count). The average molecular weight is 184 g/mol. The van der Waals surface area contributed by atoms with Crippen LogP contribution in [0.15, 0.2) is 0 Å². The lowest BCUT2D eigenvalue weighted by Crippen LogP contribution is -2.32. The maximum Gasteiger partial charge on any atom is 0.309 e. The molecule has 72 valence electrons. The van der Waals surface area contributed by atoms with Gasteiger partial charge >= 0.3 is 11.9 Å². The molecule has 2 aliphatic rings. The van der Waals surface area contributed by atoms with E-state index in [4.69, 9.17) is 9.47 Å². The first kappa shape index (κ1) is 8.53. The Labute approximate surface area is 76.2 Å². The van der Waals surface area contributed by atoms with Crippen LogP contribution in [0, 0.1) is 5.92 Å². The fraction of sp³-hybridized carbons (Fsp3) is 0.778. The van der Waals surface area contributed by atoms with Gasteiger partial charge in [0.25, 0.3) is 0 Å². The molecule has 0 spiro atoms. The van der Waals surface area contributed by atoms with Crippen LogP contribution in [0.1, 0.15) is 26.2 Å². The Morgan fingerprint density at radius 3 is 3.00 bits per heavy atom. The maximum absolute atomic E-state index is 11.1. The van der Waals surface area contributed by atoms with Gasteiger partial charge in [0.2, 0.25) is 0 Å². The highest BCUT2D eigenvalue weighted by atomic mass is 16.6. The van der Waals surface area contributed by atoms with Gasteiger partial charge in [-0.05, 0) is 12.8 Å². The van der Waals surface area contributed by atoms with Crippen LogP contribution in [0.4, 0.5) is 0 Å². The normalized spacial score (nSPS) is 37.0. The molecule has 0 amide bonds. The molecule has 1 saturated carbocycles. The highest BCUT2D eigenvalue weighted by Crippen LogP contribution is 2.35. The molecular formula is C9H12O4. The van der Waals surface area contributed by atoms with E-state index in [1.54, 1.807) is 0 Å². The highest BCUT2D eigenvalue weighted by molar-refractivity contribution is 5.75. The van der Waals surface area contributed by atoms with E-state index in [0.717, 1.165) is 19.3 Å². The molecule has 1 aliphatic heterocycles. The SMILES string of the molecule is CC(=O)OC1CCC2CC1OC2=O. The first-order chi connectivity index (χ1) is 6.16. The van der Waals surface area contributed by atoms with Crippen molar-refractivity contribution in [2.45, 2.75) is 38.4 Å². The summed E-state index contributed by atoms with van der Waals surface area (Å²) in [5.74, 6) is -0.372. The van der Waals surface area contributed by atoms with Gasteiger partial charge in [-0.25, -0.2) is 0 Å². The van der Waals surface area contributed by atoms with E-state index >= 15 is 0 Å². The molecule has 1 saturated heterocycles. The van der Waals surface area contributed by atoms with Crippen molar-refractivity contribution in [3.63, 3.8) is 0 Å². The molecular weight excluding hydrogens is 172 g/mol. The Morgan fingerprint density at radius 1 is 1.54 bits per heavy atom. The summed E-state index contributed by atoms with van der Waals surface area (Å²) in [6.45, 7) is 1.38. The van der Waals surface area contributed by atoms with E-state index in [1.807, 2.05) is 0 Å². The second-order valence-electron chi connectivity index (χ2n) is 3.63. The number of esters is 2. The van der Waals surface area contributed by atoms with Gasteiger partial charge in [0.1, 0.15) is 12.2 Å². The Balaban J connectivity index is 2.01. The lowest BCUT2D eigenvalue weighted by molar-refractivity contribution is -0.158. The molecule has 2 bridgehead atoms. The standard InChI is InChI=1S/C9H12O4/c1-5(10)12-7-3-2-6-4-8(7)13-9(6)11/h6-8H,2-4H2,1H3. The number of hydrogen-bond donors (Lipinski definition) is 0. The Morgan fingerprint density at radius 2 is 2.31 bits per heavy atom. The third kappa shape index (κ3) is 1.53. The summed E-state index contributed by atoms with van der Waals surface area (Å²) in [5.41, 5.74) is 0. The van der Waals surface area contributed by atoms with Crippen LogP contribution in [-0.4, -0.2) is 24.1 Å². The van der Waals surface area contributed by atoms with Crippen LogP contribution in [-0.2, 0) is 19.1 Å². The molecule has 3 atom stereocenters. The Kier molecular flexibility index (Phi) is 1.98. The number of ether oxygens (including phenoxy) is 2. The van der Waals surface area contributed by atoms with Gasteiger partial charge in [-0.2, -0.15) is 0 Å². The molecule has 0 radical (unpaired) electrons. The van der Waals surface area contributed by atoms with Gasteiger partial charge in [0.15, 0.2) is 0 Å². The molecule has 0 aromatic carbocycles. The summed E-state index contributed by atoms with van der Waals surface area (Å²) in [7, 11) is 0. The van der Waals surface area contributed by atoms with E-state index in [1.165, 1.54) is 6.92 Å². The Bertz CT molecular complexity index is 248. The van der Waals surface area contributed by atoms with Crippen molar-refractivity contribution in [1.29, 1.82) is 0 Å². The fourth-order valence-electron chi connectivity index (χ4n) is 2.03. The number of rotatable bonds is 1. The summed E-state index contributed by atoms with van der Waals surface area (Å²) < 4.78 is 10.1. The van der Waals surface area contributed by atoms with Crippen LogP contribution in [0.2, 0.25) is 0 Å². The van der Waals surface area contributed by atoms with Crippen LogP contribution < -0.4 is 0 Å². The zero-order chi connectivity index (χ0) is 9.42. The van der Waals surface area contributed by atoms with Crippen molar-refractivity contribution < 1.29 is 19.1 Å². The molecule has 4 nitrogen and oxygen atoms in total. The van der Waals surface area contributed by atoms with E-state index < -0.39 is 0 Å². The monoisotopic (exact) mass is 184 g/mol. The topological polar surface area (TPSA) is 52.6 Å². The van der Waals surface area contributed by atoms with E-state index in [-0.39, 0.29) is 30.1 Å². The maximum atomic E-state index is 11.1. The van der Waals surface area contributed by atoms with Crippen molar-refractivity contribution in [1.82, 2.24) is 0 Å². The third-order valence-corrected chi connectivity index (χ3v) is 2.65. The quantitative estimate of drug-likeness (QED) is 0.561. The zero-order valence-corrected chi connectivity index (χ0v) is 7.49. The summed E-state index contributed by atoms with van der Waals surface area (Å²) >= 11 is 0. The molecule has 2 fully saturated rings. The molecule has 1 aliphatic carbocycles. The van der Waals surface area contributed by atoms with Crippen molar-refractivity contribution in [3.8, 4) is 0 Å². The zero-order valence-electron chi connectivity index (χ0n) is 7.49.